The number of hydrogen-bond donors (Lipinski definition) is 2. The molecule has 1 amide bonds. The Labute approximate surface area is 122 Å². The van der Waals surface area contributed by atoms with Gasteiger partial charge < -0.3 is 15.4 Å². The fraction of sp³-hybridized carbons (Fsp3) is 0.500. The quantitative estimate of drug-likeness (QED) is 0.633. The second-order valence-corrected chi connectivity index (χ2v) is 4.84. The van der Waals surface area contributed by atoms with Crippen molar-refractivity contribution in [3.8, 4) is 5.75 Å². The first-order chi connectivity index (χ1) is 10.1. The number of benzene rings is 1. The van der Waals surface area contributed by atoms with Crippen LogP contribution in [0.5, 0.6) is 5.75 Å². The van der Waals surface area contributed by atoms with Crippen LogP contribution in [0.1, 0.15) is 30.1 Å². The number of ether oxygens (including phenoxy) is 1. The van der Waals surface area contributed by atoms with Gasteiger partial charge in [0.15, 0.2) is 0 Å². The molecule has 1 aromatic rings. The van der Waals surface area contributed by atoms with Crippen molar-refractivity contribution in [3.63, 3.8) is 0 Å². The summed E-state index contributed by atoms with van der Waals surface area (Å²) in [7, 11) is 0. The highest BCUT2D eigenvalue weighted by Gasteiger charge is 2.24. The van der Waals surface area contributed by atoms with Gasteiger partial charge in [-0.1, -0.05) is 6.07 Å². The lowest BCUT2D eigenvalue weighted by Gasteiger charge is -2.24. The van der Waals surface area contributed by atoms with Gasteiger partial charge in [-0.3, -0.25) is 14.9 Å². The Hall–Kier alpha value is -2.15. The molecule has 1 fully saturated rings. The summed E-state index contributed by atoms with van der Waals surface area (Å²) in [5.41, 5.74) is 0.0272. The number of para-hydroxylation sites is 1. The number of amides is 1. The number of nitro benzene ring substituents is 1. The van der Waals surface area contributed by atoms with Crippen LogP contribution in [0.25, 0.3) is 0 Å². The molecule has 1 heterocycles. The molecule has 0 unspecified atom stereocenters. The first kappa shape index (κ1) is 15.2. The number of carbonyl (C=O) groups excluding carboxylic acids is 1. The van der Waals surface area contributed by atoms with E-state index in [9.17, 15) is 14.9 Å². The summed E-state index contributed by atoms with van der Waals surface area (Å²) in [5, 5.41) is 17.2. The SMILES string of the molecule is CCOc1c(C(=O)NC2CCNCC2)cccc1[N+](=O)[O-]. The standard InChI is InChI=1S/C14H19N3O4/c1-2-21-13-11(4-3-5-12(13)17(19)20)14(18)16-10-6-8-15-9-7-10/h3-5,10,15H,2,6-9H2,1H3,(H,16,18). The van der Waals surface area contributed by atoms with Gasteiger partial charge >= 0.3 is 5.69 Å². The van der Waals surface area contributed by atoms with Crippen LogP contribution in [0, 0.1) is 10.1 Å². The van der Waals surface area contributed by atoms with E-state index in [-0.39, 0.29) is 35.6 Å². The average Bonchev–Trinajstić information content (AvgIpc) is 2.48. The van der Waals surface area contributed by atoms with E-state index in [1.165, 1.54) is 12.1 Å². The van der Waals surface area contributed by atoms with Gasteiger partial charge in [0.05, 0.1) is 17.1 Å². The van der Waals surface area contributed by atoms with Crippen LogP contribution in [0.3, 0.4) is 0 Å². The number of nitro groups is 1. The van der Waals surface area contributed by atoms with Crippen molar-refractivity contribution >= 4 is 11.6 Å². The van der Waals surface area contributed by atoms with Gasteiger partial charge in [-0.25, -0.2) is 0 Å². The molecule has 0 radical (unpaired) electrons. The third-order valence-electron chi connectivity index (χ3n) is 3.40. The Morgan fingerprint density at radius 2 is 2.19 bits per heavy atom. The molecule has 114 valence electrons. The van der Waals surface area contributed by atoms with Crippen molar-refractivity contribution in [2.45, 2.75) is 25.8 Å². The molecular weight excluding hydrogens is 274 g/mol. The van der Waals surface area contributed by atoms with Gasteiger partial charge in [0.25, 0.3) is 5.91 Å². The summed E-state index contributed by atoms with van der Waals surface area (Å²) in [5.74, 6) is -0.287. The molecule has 0 aromatic heterocycles. The number of nitrogens with zero attached hydrogens (tertiary/aromatic N) is 1. The maximum Gasteiger partial charge on any atom is 0.311 e. The average molecular weight is 293 g/mol. The molecule has 1 saturated heterocycles. The van der Waals surface area contributed by atoms with Crippen LogP contribution in [0.2, 0.25) is 0 Å². The molecule has 1 aromatic carbocycles. The Kier molecular flexibility index (Phi) is 5.10. The lowest BCUT2D eigenvalue weighted by molar-refractivity contribution is -0.385. The van der Waals surface area contributed by atoms with Gasteiger partial charge in [-0.2, -0.15) is 0 Å². The van der Waals surface area contributed by atoms with Gasteiger partial charge in [-0.15, -0.1) is 0 Å². The number of rotatable bonds is 5. The number of hydrogen-bond acceptors (Lipinski definition) is 5. The Balaban J connectivity index is 2.22. The lowest BCUT2D eigenvalue weighted by Crippen LogP contribution is -2.42. The van der Waals surface area contributed by atoms with Crippen molar-refractivity contribution in [1.82, 2.24) is 10.6 Å². The van der Waals surface area contributed by atoms with Gasteiger partial charge in [0.1, 0.15) is 0 Å². The van der Waals surface area contributed by atoms with E-state index in [4.69, 9.17) is 4.74 Å². The van der Waals surface area contributed by atoms with Crippen molar-refractivity contribution in [1.29, 1.82) is 0 Å². The zero-order valence-corrected chi connectivity index (χ0v) is 11.9. The third kappa shape index (κ3) is 3.69. The van der Waals surface area contributed by atoms with Crippen LogP contribution >= 0.6 is 0 Å². The van der Waals surface area contributed by atoms with Crippen LogP contribution < -0.4 is 15.4 Å². The van der Waals surface area contributed by atoms with E-state index in [0.717, 1.165) is 25.9 Å². The van der Waals surface area contributed by atoms with Crippen molar-refractivity contribution in [2.75, 3.05) is 19.7 Å². The van der Waals surface area contributed by atoms with Crippen LogP contribution in [0.4, 0.5) is 5.69 Å². The molecule has 0 atom stereocenters. The Bertz CT molecular complexity index is 527. The normalized spacial score (nSPS) is 15.5. The number of carbonyl (C=O) groups is 1. The van der Waals surface area contributed by atoms with Crippen molar-refractivity contribution < 1.29 is 14.5 Å². The largest absolute Gasteiger partial charge is 0.487 e. The first-order valence-corrected chi connectivity index (χ1v) is 7.05. The van der Waals surface area contributed by atoms with E-state index >= 15 is 0 Å². The molecule has 0 bridgehead atoms. The monoisotopic (exact) mass is 293 g/mol. The second kappa shape index (κ2) is 7.03. The van der Waals surface area contributed by atoms with Gasteiger partial charge in [-0.05, 0) is 38.9 Å². The topological polar surface area (TPSA) is 93.5 Å². The molecule has 0 spiro atoms. The number of piperidine rings is 1. The molecular formula is C14H19N3O4. The predicted molar refractivity (Wildman–Crippen MR) is 77.6 cm³/mol. The summed E-state index contributed by atoms with van der Waals surface area (Å²) in [6.07, 6.45) is 1.70. The number of nitrogens with one attached hydrogen (secondary N) is 2. The highest BCUT2D eigenvalue weighted by molar-refractivity contribution is 5.98. The highest BCUT2D eigenvalue weighted by Crippen LogP contribution is 2.31. The molecule has 1 aliphatic rings. The second-order valence-electron chi connectivity index (χ2n) is 4.84. The summed E-state index contributed by atoms with van der Waals surface area (Å²) in [4.78, 5) is 22.9. The van der Waals surface area contributed by atoms with Gasteiger partial charge in [0, 0.05) is 12.1 Å². The molecule has 7 nitrogen and oxygen atoms in total. The summed E-state index contributed by atoms with van der Waals surface area (Å²) in [6.45, 7) is 3.71. The van der Waals surface area contributed by atoms with Crippen molar-refractivity contribution in [3.05, 3.63) is 33.9 Å². The van der Waals surface area contributed by atoms with Crippen molar-refractivity contribution in [2.24, 2.45) is 0 Å². The summed E-state index contributed by atoms with van der Waals surface area (Å²) < 4.78 is 5.32. The molecule has 7 heteroatoms. The molecule has 0 saturated carbocycles. The van der Waals surface area contributed by atoms with E-state index in [2.05, 4.69) is 10.6 Å². The molecule has 1 aliphatic heterocycles. The van der Waals surface area contributed by atoms with Crippen LogP contribution in [-0.2, 0) is 0 Å². The van der Waals surface area contributed by atoms with Crippen LogP contribution in [-0.4, -0.2) is 36.6 Å². The fourth-order valence-corrected chi connectivity index (χ4v) is 2.37. The minimum atomic E-state index is -0.535. The molecule has 2 N–H and O–H groups in total. The fourth-order valence-electron chi connectivity index (χ4n) is 2.37. The minimum absolute atomic E-state index is 0.0384. The zero-order chi connectivity index (χ0) is 15.2. The highest BCUT2D eigenvalue weighted by atomic mass is 16.6. The van der Waals surface area contributed by atoms with E-state index in [0.29, 0.717) is 0 Å². The molecule has 21 heavy (non-hydrogen) atoms. The molecule has 2 rings (SSSR count). The zero-order valence-electron chi connectivity index (χ0n) is 11.9. The summed E-state index contributed by atoms with van der Waals surface area (Å²) in [6, 6.07) is 4.48. The van der Waals surface area contributed by atoms with E-state index < -0.39 is 4.92 Å². The Morgan fingerprint density at radius 1 is 1.48 bits per heavy atom. The summed E-state index contributed by atoms with van der Waals surface area (Å²) >= 11 is 0. The molecule has 0 aliphatic carbocycles. The maximum atomic E-state index is 12.3. The lowest BCUT2D eigenvalue weighted by atomic mass is 10.1. The maximum absolute atomic E-state index is 12.3. The predicted octanol–water partition coefficient (Wildman–Crippen LogP) is 1.48. The van der Waals surface area contributed by atoms with E-state index in [1.54, 1.807) is 13.0 Å². The van der Waals surface area contributed by atoms with E-state index in [1.807, 2.05) is 0 Å². The minimum Gasteiger partial charge on any atom is -0.487 e. The van der Waals surface area contributed by atoms with Gasteiger partial charge in [0.2, 0.25) is 5.75 Å². The smallest absolute Gasteiger partial charge is 0.311 e. The third-order valence-corrected chi connectivity index (χ3v) is 3.40. The first-order valence-electron chi connectivity index (χ1n) is 7.05. The Morgan fingerprint density at radius 3 is 2.81 bits per heavy atom. The van der Waals surface area contributed by atoms with Crippen LogP contribution in [0.15, 0.2) is 18.2 Å².